The topological polar surface area (TPSA) is 50.4 Å². The number of carbonyl (C=O) groups excluding carboxylic acids is 1. The number of carbonyl (C=O) groups is 1. The van der Waals surface area contributed by atoms with Gasteiger partial charge in [-0.2, -0.15) is 0 Å². The summed E-state index contributed by atoms with van der Waals surface area (Å²) in [6.45, 7) is 5.19. The summed E-state index contributed by atoms with van der Waals surface area (Å²) in [5.41, 5.74) is 1.01. The molecule has 2 N–H and O–H groups in total. The Balaban J connectivity index is 0.00000208. The van der Waals surface area contributed by atoms with Crippen LogP contribution in [-0.2, 0) is 11.2 Å². The van der Waals surface area contributed by atoms with Crippen molar-refractivity contribution in [2.75, 3.05) is 26.2 Å². The van der Waals surface area contributed by atoms with E-state index in [1.54, 1.807) is 0 Å². The van der Waals surface area contributed by atoms with Crippen molar-refractivity contribution in [3.8, 4) is 5.75 Å². The monoisotopic (exact) mass is 352 g/mol. The maximum atomic E-state index is 12.8. The van der Waals surface area contributed by atoms with E-state index in [0.29, 0.717) is 19.1 Å². The van der Waals surface area contributed by atoms with Crippen molar-refractivity contribution >= 4 is 18.3 Å². The highest BCUT2D eigenvalue weighted by Gasteiger charge is 2.49. The second-order valence-corrected chi connectivity index (χ2v) is 6.78. The van der Waals surface area contributed by atoms with Gasteiger partial charge in [0, 0.05) is 13.1 Å². The molecule has 2 aliphatic rings. The number of amides is 1. The number of benzene rings is 1. The average molecular weight is 353 g/mol. The molecule has 1 aliphatic heterocycles. The van der Waals surface area contributed by atoms with Gasteiger partial charge >= 0.3 is 0 Å². The molecule has 134 valence electrons. The number of ether oxygens (including phenoxy) is 1. The van der Waals surface area contributed by atoms with Crippen LogP contribution < -0.4 is 15.4 Å². The van der Waals surface area contributed by atoms with Crippen LogP contribution >= 0.6 is 12.4 Å². The quantitative estimate of drug-likeness (QED) is 0.827. The summed E-state index contributed by atoms with van der Waals surface area (Å²) in [6.07, 6.45) is 5.48. The van der Waals surface area contributed by atoms with E-state index in [-0.39, 0.29) is 23.7 Å². The standard InChI is InChI=1S/C19H28N2O2.ClH/c1-2-23-17-9-4-3-7-15(17)10-12-21-18(22)19-11-6-5-8-16(19)13-20-14-19;/h3-4,7,9,16,20H,2,5-6,8,10-14H2,1H3,(H,21,22);1H/t16-,19+;/m0./s1. The van der Waals surface area contributed by atoms with Gasteiger partial charge in [-0.05, 0) is 50.3 Å². The number of hydrogen-bond acceptors (Lipinski definition) is 3. The molecule has 1 aliphatic carbocycles. The third kappa shape index (κ3) is 3.86. The summed E-state index contributed by atoms with van der Waals surface area (Å²) in [5, 5.41) is 6.64. The van der Waals surface area contributed by atoms with Gasteiger partial charge in [-0.3, -0.25) is 4.79 Å². The van der Waals surface area contributed by atoms with E-state index in [1.165, 1.54) is 19.3 Å². The Labute approximate surface area is 151 Å². The lowest BCUT2D eigenvalue weighted by Gasteiger charge is -2.37. The molecule has 1 saturated heterocycles. The molecule has 0 bridgehead atoms. The van der Waals surface area contributed by atoms with E-state index in [1.807, 2.05) is 25.1 Å². The van der Waals surface area contributed by atoms with Gasteiger partial charge in [-0.1, -0.05) is 31.0 Å². The van der Waals surface area contributed by atoms with E-state index < -0.39 is 0 Å². The first-order valence-corrected chi connectivity index (χ1v) is 8.96. The minimum absolute atomic E-state index is 0. The minimum atomic E-state index is -0.155. The molecule has 2 atom stereocenters. The molecule has 0 spiro atoms. The average Bonchev–Trinajstić information content (AvgIpc) is 3.02. The molecule has 5 heteroatoms. The third-order valence-corrected chi connectivity index (χ3v) is 5.44. The van der Waals surface area contributed by atoms with E-state index in [4.69, 9.17) is 4.74 Å². The first-order chi connectivity index (χ1) is 11.3. The highest BCUT2D eigenvalue weighted by Crippen LogP contribution is 2.43. The largest absolute Gasteiger partial charge is 0.494 e. The van der Waals surface area contributed by atoms with Gasteiger partial charge in [0.15, 0.2) is 0 Å². The summed E-state index contributed by atoms with van der Waals surface area (Å²) >= 11 is 0. The van der Waals surface area contributed by atoms with Crippen LogP contribution in [0.4, 0.5) is 0 Å². The van der Waals surface area contributed by atoms with Crippen molar-refractivity contribution in [1.82, 2.24) is 10.6 Å². The van der Waals surface area contributed by atoms with Gasteiger partial charge in [0.05, 0.1) is 12.0 Å². The second kappa shape index (κ2) is 8.72. The molecule has 0 radical (unpaired) electrons. The Morgan fingerprint density at radius 3 is 3.04 bits per heavy atom. The normalized spacial score (nSPS) is 25.5. The Bertz CT molecular complexity index is 552. The van der Waals surface area contributed by atoms with Crippen LogP contribution in [-0.4, -0.2) is 32.1 Å². The van der Waals surface area contributed by atoms with Crippen LogP contribution in [0.2, 0.25) is 0 Å². The molecular formula is C19H29ClN2O2. The Kier molecular flexibility index (Phi) is 6.93. The predicted molar refractivity (Wildman–Crippen MR) is 98.8 cm³/mol. The minimum Gasteiger partial charge on any atom is -0.494 e. The number of rotatable bonds is 6. The van der Waals surface area contributed by atoms with E-state index in [0.717, 1.165) is 37.2 Å². The van der Waals surface area contributed by atoms with E-state index >= 15 is 0 Å². The van der Waals surface area contributed by atoms with Crippen LogP contribution in [0.5, 0.6) is 5.75 Å². The van der Waals surface area contributed by atoms with Crippen molar-refractivity contribution in [3.05, 3.63) is 29.8 Å². The molecule has 1 aromatic carbocycles. The van der Waals surface area contributed by atoms with Crippen LogP contribution in [0, 0.1) is 11.3 Å². The zero-order valence-electron chi connectivity index (χ0n) is 14.5. The van der Waals surface area contributed by atoms with Gasteiger partial charge in [-0.15, -0.1) is 12.4 Å². The van der Waals surface area contributed by atoms with Gasteiger partial charge in [-0.25, -0.2) is 0 Å². The van der Waals surface area contributed by atoms with Crippen molar-refractivity contribution in [2.24, 2.45) is 11.3 Å². The number of para-hydroxylation sites is 1. The summed E-state index contributed by atoms with van der Waals surface area (Å²) in [5.74, 6) is 1.70. The molecule has 4 nitrogen and oxygen atoms in total. The molecule has 3 rings (SSSR count). The number of halogens is 1. The summed E-state index contributed by atoms with van der Waals surface area (Å²) in [6, 6.07) is 8.09. The molecule has 0 unspecified atom stereocenters. The van der Waals surface area contributed by atoms with Crippen molar-refractivity contribution < 1.29 is 9.53 Å². The smallest absolute Gasteiger partial charge is 0.227 e. The number of fused-ring (bicyclic) bond motifs is 1. The molecule has 24 heavy (non-hydrogen) atoms. The molecule has 1 amide bonds. The number of hydrogen-bond donors (Lipinski definition) is 2. The molecule has 0 aromatic heterocycles. The van der Waals surface area contributed by atoms with E-state index in [2.05, 4.69) is 16.7 Å². The lowest BCUT2D eigenvalue weighted by Crippen LogP contribution is -2.48. The maximum absolute atomic E-state index is 12.8. The zero-order valence-corrected chi connectivity index (χ0v) is 15.3. The van der Waals surface area contributed by atoms with Crippen LogP contribution in [0.15, 0.2) is 24.3 Å². The first-order valence-electron chi connectivity index (χ1n) is 8.96. The lowest BCUT2D eigenvalue weighted by atomic mass is 9.67. The summed E-state index contributed by atoms with van der Waals surface area (Å²) in [4.78, 5) is 12.8. The van der Waals surface area contributed by atoms with Crippen molar-refractivity contribution in [1.29, 1.82) is 0 Å². The molecular weight excluding hydrogens is 324 g/mol. The molecule has 1 aromatic rings. The fraction of sp³-hybridized carbons (Fsp3) is 0.632. The Hall–Kier alpha value is -1.26. The van der Waals surface area contributed by atoms with Gasteiger partial charge in [0.1, 0.15) is 5.75 Å². The van der Waals surface area contributed by atoms with Gasteiger partial charge < -0.3 is 15.4 Å². The zero-order chi connectivity index (χ0) is 16.1. The highest BCUT2D eigenvalue weighted by molar-refractivity contribution is 5.85. The SMILES string of the molecule is CCOc1ccccc1CCNC(=O)[C@@]12CCCC[C@H]1CNC2.Cl. The highest BCUT2D eigenvalue weighted by atomic mass is 35.5. The maximum Gasteiger partial charge on any atom is 0.227 e. The lowest BCUT2D eigenvalue weighted by molar-refractivity contribution is -0.133. The third-order valence-electron chi connectivity index (χ3n) is 5.44. The van der Waals surface area contributed by atoms with E-state index in [9.17, 15) is 4.79 Å². The molecule has 2 fully saturated rings. The van der Waals surface area contributed by atoms with Crippen molar-refractivity contribution in [3.63, 3.8) is 0 Å². The van der Waals surface area contributed by atoms with Crippen molar-refractivity contribution in [2.45, 2.75) is 39.0 Å². The second-order valence-electron chi connectivity index (χ2n) is 6.78. The van der Waals surface area contributed by atoms with Crippen LogP contribution in [0.3, 0.4) is 0 Å². The molecule has 1 heterocycles. The Morgan fingerprint density at radius 1 is 1.38 bits per heavy atom. The van der Waals surface area contributed by atoms with Crippen LogP contribution in [0.25, 0.3) is 0 Å². The molecule has 1 saturated carbocycles. The summed E-state index contributed by atoms with van der Waals surface area (Å²) < 4.78 is 5.66. The fourth-order valence-corrected chi connectivity index (χ4v) is 4.18. The fourth-order valence-electron chi connectivity index (χ4n) is 4.18. The number of nitrogens with one attached hydrogen (secondary N) is 2. The first kappa shape index (κ1) is 19.1. The van der Waals surface area contributed by atoms with Gasteiger partial charge in [0.25, 0.3) is 0 Å². The van der Waals surface area contributed by atoms with Gasteiger partial charge in [0.2, 0.25) is 5.91 Å². The predicted octanol–water partition coefficient (Wildman–Crippen LogP) is 2.95. The Morgan fingerprint density at radius 2 is 2.21 bits per heavy atom. The summed E-state index contributed by atoms with van der Waals surface area (Å²) in [7, 11) is 0. The van der Waals surface area contributed by atoms with Crippen LogP contribution in [0.1, 0.15) is 38.2 Å².